The van der Waals surface area contributed by atoms with Crippen LogP contribution < -0.4 is 4.72 Å². The van der Waals surface area contributed by atoms with Crippen LogP contribution in [0.1, 0.15) is 19.4 Å². The SMILES string of the molecule is CCN(CC)C(=O)C(Cc1ccc([N+](=O)[O-])cc1)C(=O)NS(=O)(=O)c1cccs1. The van der Waals surface area contributed by atoms with Crippen molar-refractivity contribution in [3.05, 3.63) is 57.5 Å². The van der Waals surface area contributed by atoms with Gasteiger partial charge in [0.2, 0.25) is 11.8 Å². The number of nitro groups is 1. The first-order valence-corrected chi connectivity index (χ1v) is 11.2. The normalized spacial score (nSPS) is 12.2. The standard InChI is InChI=1S/C18H21N3O6S2/c1-3-20(4-2)18(23)15(12-13-7-9-14(10-8-13)21(24)25)17(22)19-29(26,27)16-6-5-11-28-16/h5-11,15H,3-4,12H2,1-2H3,(H,19,22). The molecule has 1 N–H and O–H groups in total. The molecular formula is C18H21N3O6S2. The van der Waals surface area contributed by atoms with Crippen molar-refractivity contribution in [2.24, 2.45) is 5.92 Å². The third kappa shape index (κ3) is 5.61. The predicted molar refractivity (Wildman–Crippen MR) is 108 cm³/mol. The lowest BCUT2D eigenvalue weighted by molar-refractivity contribution is -0.384. The fraction of sp³-hybridized carbons (Fsp3) is 0.333. The Kier molecular flexibility index (Phi) is 7.46. The highest BCUT2D eigenvalue weighted by Gasteiger charge is 2.33. The van der Waals surface area contributed by atoms with Crippen LogP contribution in [0.5, 0.6) is 0 Å². The summed E-state index contributed by atoms with van der Waals surface area (Å²) < 4.78 is 26.7. The predicted octanol–water partition coefficient (Wildman–Crippen LogP) is 2.19. The highest BCUT2D eigenvalue weighted by atomic mass is 32.2. The summed E-state index contributed by atoms with van der Waals surface area (Å²) >= 11 is 0.954. The monoisotopic (exact) mass is 439 g/mol. The number of thiophene rings is 1. The molecule has 0 aliphatic rings. The van der Waals surface area contributed by atoms with Gasteiger partial charge in [0.1, 0.15) is 10.1 Å². The van der Waals surface area contributed by atoms with Crippen molar-refractivity contribution in [2.45, 2.75) is 24.5 Å². The summed E-state index contributed by atoms with van der Waals surface area (Å²) in [5, 5.41) is 12.4. The van der Waals surface area contributed by atoms with E-state index < -0.39 is 32.7 Å². The van der Waals surface area contributed by atoms with E-state index in [2.05, 4.69) is 0 Å². The van der Waals surface area contributed by atoms with Crippen LogP contribution in [-0.4, -0.2) is 43.1 Å². The maximum absolute atomic E-state index is 12.9. The van der Waals surface area contributed by atoms with Crippen LogP contribution in [-0.2, 0) is 26.0 Å². The summed E-state index contributed by atoms with van der Waals surface area (Å²) in [6.07, 6.45) is -0.0842. The molecule has 11 heteroatoms. The number of non-ortho nitro benzene ring substituents is 1. The molecule has 1 atom stereocenters. The molecule has 0 fully saturated rings. The van der Waals surface area contributed by atoms with Gasteiger partial charge in [-0.1, -0.05) is 18.2 Å². The minimum atomic E-state index is -4.09. The first-order chi connectivity index (χ1) is 13.7. The van der Waals surface area contributed by atoms with Gasteiger partial charge in [-0.05, 0) is 37.3 Å². The molecule has 0 bridgehead atoms. The molecule has 1 aromatic carbocycles. The van der Waals surface area contributed by atoms with Gasteiger partial charge in [-0.2, -0.15) is 0 Å². The lowest BCUT2D eigenvalue weighted by Crippen LogP contribution is -2.46. The zero-order valence-electron chi connectivity index (χ0n) is 15.9. The zero-order chi connectivity index (χ0) is 21.6. The molecule has 0 aliphatic heterocycles. The van der Waals surface area contributed by atoms with Crippen LogP contribution >= 0.6 is 11.3 Å². The number of nitrogens with zero attached hydrogens (tertiary/aromatic N) is 2. The Hall–Kier alpha value is -2.79. The van der Waals surface area contributed by atoms with Crippen LogP contribution in [0, 0.1) is 16.0 Å². The third-order valence-electron chi connectivity index (χ3n) is 4.27. The molecule has 156 valence electrons. The minimum Gasteiger partial charge on any atom is -0.343 e. The van der Waals surface area contributed by atoms with Gasteiger partial charge in [0.25, 0.3) is 15.7 Å². The van der Waals surface area contributed by atoms with Crippen molar-refractivity contribution in [1.29, 1.82) is 0 Å². The Balaban J connectivity index is 2.30. The second kappa shape index (κ2) is 9.61. The van der Waals surface area contributed by atoms with E-state index in [1.54, 1.807) is 25.3 Å². The highest BCUT2D eigenvalue weighted by molar-refractivity contribution is 7.92. The smallest absolute Gasteiger partial charge is 0.273 e. The minimum absolute atomic E-state index is 0.0322. The lowest BCUT2D eigenvalue weighted by atomic mass is 9.97. The Morgan fingerprint density at radius 3 is 2.28 bits per heavy atom. The van der Waals surface area contributed by atoms with Gasteiger partial charge < -0.3 is 4.90 Å². The van der Waals surface area contributed by atoms with Crippen LogP contribution in [0.2, 0.25) is 0 Å². The molecule has 1 heterocycles. The summed E-state index contributed by atoms with van der Waals surface area (Å²) in [5.74, 6) is -2.73. The summed E-state index contributed by atoms with van der Waals surface area (Å²) in [5.41, 5.74) is 0.384. The fourth-order valence-corrected chi connectivity index (χ4v) is 4.72. The molecule has 0 saturated heterocycles. The van der Waals surface area contributed by atoms with Gasteiger partial charge in [0.15, 0.2) is 0 Å². The van der Waals surface area contributed by atoms with E-state index in [1.165, 1.54) is 35.2 Å². The number of carbonyl (C=O) groups is 2. The number of nitrogens with one attached hydrogen (secondary N) is 1. The van der Waals surface area contributed by atoms with E-state index in [4.69, 9.17) is 0 Å². The molecule has 2 rings (SSSR count). The average Bonchev–Trinajstić information content (AvgIpc) is 3.22. The number of carbonyl (C=O) groups excluding carboxylic acids is 2. The summed E-state index contributed by atoms with van der Waals surface area (Å²) in [6, 6.07) is 8.34. The first kappa shape index (κ1) is 22.5. The third-order valence-corrected chi connectivity index (χ3v) is 7.02. The molecular weight excluding hydrogens is 418 g/mol. The Bertz CT molecular complexity index is 968. The van der Waals surface area contributed by atoms with Crippen molar-refractivity contribution in [3.63, 3.8) is 0 Å². The van der Waals surface area contributed by atoms with E-state index in [1.807, 2.05) is 4.72 Å². The second-order valence-electron chi connectivity index (χ2n) is 6.09. The molecule has 0 saturated carbocycles. The second-order valence-corrected chi connectivity index (χ2v) is 8.95. The van der Waals surface area contributed by atoms with E-state index in [-0.39, 0.29) is 16.3 Å². The van der Waals surface area contributed by atoms with Crippen LogP contribution in [0.4, 0.5) is 5.69 Å². The number of hydrogen-bond acceptors (Lipinski definition) is 7. The topological polar surface area (TPSA) is 127 Å². The average molecular weight is 440 g/mol. The van der Waals surface area contributed by atoms with Crippen molar-refractivity contribution in [3.8, 4) is 0 Å². The van der Waals surface area contributed by atoms with E-state index in [0.29, 0.717) is 18.7 Å². The molecule has 1 unspecified atom stereocenters. The molecule has 2 aromatic rings. The van der Waals surface area contributed by atoms with Crippen LogP contribution in [0.25, 0.3) is 0 Å². The van der Waals surface area contributed by atoms with Crippen molar-refractivity contribution >= 4 is 38.9 Å². The number of nitro benzene ring substituents is 1. The maximum atomic E-state index is 12.9. The summed E-state index contributed by atoms with van der Waals surface area (Å²) in [4.78, 5) is 37.3. The summed E-state index contributed by atoms with van der Waals surface area (Å²) in [6.45, 7) is 4.23. The van der Waals surface area contributed by atoms with Gasteiger partial charge in [-0.3, -0.25) is 19.7 Å². The highest BCUT2D eigenvalue weighted by Crippen LogP contribution is 2.19. The van der Waals surface area contributed by atoms with E-state index in [0.717, 1.165) is 11.3 Å². The van der Waals surface area contributed by atoms with Gasteiger partial charge in [-0.15, -0.1) is 11.3 Å². The van der Waals surface area contributed by atoms with Gasteiger partial charge in [-0.25, -0.2) is 13.1 Å². The van der Waals surface area contributed by atoms with Crippen LogP contribution in [0.15, 0.2) is 46.0 Å². The molecule has 29 heavy (non-hydrogen) atoms. The number of rotatable bonds is 9. The number of amides is 2. The largest absolute Gasteiger partial charge is 0.343 e. The van der Waals surface area contributed by atoms with Gasteiger partial charge in [0.05, 0.1) is 4.92 Å². The summed E-state index contributed by atoms with van der Waals surface area (Å²) in [7, 11) is -4.09. The zero-order valence-corrected chi connectivity index (χ0v) is 17.5. The molecule has 0 radical (unpaired) electrons. The Labute approximate surface area is 172 Å². The molecule has 1 aromatic heterocycles. The van der Waals surface area contributed by atoms with Crippen molar-refractivity contribution in [2.75, 3.05) is 13.1 Å². The first-order valence-electron chi connectivity index (χ1n) is 8.81. The fourth-order valence-electron chi connectivity index (χ4n) is 2.71. The number of sulfonamides is 1. The molecule has 2 amide bonds. The van der Waals surface area contributed by atoms with E-state index in [9.17, 15) is 28.1 Å². The Morgan fingerprint density at radius 2 is 1.79 bits per heavy atom. The van der Waals surface area contributed by atoms with E-state index >= 15 is 0 Å². The van der Waals surface area contributed by atoms with Crippen molar-refractivity contribution < 1.29 is 22.9 Å². The van der Waals surface area contributed by atoms with Crippen molar-refractivity contribution in [1.82, 2.24) is 9.62 Å². The van der Waals surface area contributed by atoms with Crippen LogP contribution in [0.3, 0.4) is 0 Å². The molecule has 0 aliphatic carbocycles. The number of hydrogen-bond donors (Lipinski definition) is 1. The van der Waals surface area contributed by atoms with Gasteiger partial charge >= 0.3 is 0 Å². The molecule has 9 nitrogen and oxygen atoms in total. The maximum Gasteiger partial charge on any atom is 0.273 e. The lowest BCUT2D eigenvalue weighted by Gasteiger charge is -2.24. The number of benzene rings is 1. The van der Waals surface area contributed by atoms with Gasteiger partial charge in [0, 0.05) is 25.2 Å². The quantitative estimate of drug-likeness (QED) is 0.362. The molecule has 0 spiro atoms. The Morgan fingerprint density at radius 1 is 1.17 bits per heavy atom.